The van der Waals surface area contributed by atoms with Gasteiger partial charge in [0.05, 0.1) is 0 Å². The molecule has 0 aliphatic carbocycles. The average Bonchev–Trinajstić information content (AvgIpc) is 3.50. The zero-order chi connectivity index (χ0) is 29.2. The highest BCUT2D eigenvalue weighted by atomic mass is 32.1. The Labute approximate surface area is 263 Å². The first-order valence-corrected chi connectivity index (χ1v) is 16.4. The van der Waals surface area contributed by atoms with E-state index in [2.05, 4.69) is 146 Å². The fourth-order valence-electron chi connectivity index (χ4n) is 8.28. The molecular formula is C44H24S. The van der Waals surface area contributed by atoms with Crippen LogP contribution < -0.4 is 0 Å². The first kappa shape index (κ1) is 23.9. The Balaban J connectivity index is 1.29. The van der Waals surface area contributed by atoms with Crippen LogP contribution in [0, 0.1) is 0 Å². The molecule has 1 aromatic heterocycles. The molecule has 1 heteroatoms. The van der Waals surface area contributed by atoms with Gasteiger partial charge in [0.15, 0.2) is 0 Å². The predicted molar refractivity (Wildman–Crippen MR) is 198 cm³/mol. The quantitative estimate of drug-likeness (QED) is 0.177. The summed E-state index contributed by atoms with van der Waals surface area (Å²) in [5.41, 5.74) is 5.16. The Morgan fingerprint density at radius 1 is 0.311 bits per heavy atom. The second-order valence-corrected chi connectivity index (χ2v) is 13.4. The normalized spacial score (nSPS) is 12.4. The molecule has 0 aliphatic heterocycles. The van der Waals surface area contributed by atoms with Crippen LogP contribution in [0.25, 0.3) is 107 Å². The minimum atomic E-state index is 1.26. The van der Waals surface area contributed by atoms with Crippen molar-refractivity contribution in [1.29, 1.82) is 0 Å². The Bertz CT molecular complexity index is 2960. The minimum absolute atomic E-state index is 1.26. The molecule has 1 heterocycles. The van der Waals surface area contributed by atoms with Gasteiger partial charge in [-0.25, -0.2) is 0 Å². The molecule has 0 bridgehead atoms. The Morgan fingerprint density at radius 3 is 1.76 bits per heavy atom. The maximum Gasteiger partial charge on any atom is 0.0440 e. The van der Waals surface area contributed by atoms with Crippen molar-refractivity contribution in [2.45, 2.75) is 0 Å². The SMILES string of the molecule is c1ccc(-c2ccc3ccc4c(-c5cc6cccc7c8c9ccccc9sc8c8cccc5c8c67)ccc5ccc2c3c54)cc1. The summed E-state index contributed by atoms with van der Waals surface area (Å²) in [6, 6.07) is 54.5. The molecule has 0 aliphatic rings. The van der Waals surface area contributed by atoms with Gasteiger partial charge in [-0.05, 0) is 93.6 Å². The lowest BCUT2D eigenvalue weighted by atomic mass is 9.84. The van der Waals surface area contributed by atoms with Gasteiger partial charge in [-0.1, -0.05) is 133 Å². The third-order valence-electron chi connectivity index (χ3n) is 10.2. The van der Waals surface area contributed by atoms with Crippen molar-refractivity contribution in [3.63, 3.8) is 0 Å². The molecule has 0 amide bonds. The third-order valence-corrected chi connectivity index (χ3v) is 11.4. The van der Waals surface area contributed by atoms with Crippen LogP contribution in [-0.2, 0) is 0 Å². The summed E-state index contributed by atoms with van der Waals surface area (Å²) in [6.45, 7) is 0. The van der Waals surface area contributed by atoms with Crippen molar-refractivity contribution in [1.82, 2.24) is 0 Å². The molecule has 0 saturated carbocycles. The van der Waals surface area contributed by atoms with Crippen LogP contribution in [0.2, 0.25) is 0 Å². The lowest BCUT2D eigenvalue weighted by molar-refractivity contribution is 1.66. The van der Waals surface area contributed by atoms with Crippen LogP contribution in [0.3, 0.4) is 0 Å². The third kappa shape index (κ3) is 3.06. The summed E-state index contributed by atoms with van der Waals surface area (Å²) in [5.74, 6) is 0. The molecule has 206 valence electrons. The van der Waals surface area contributed by atoms with E-state index in [1.165, 1.54) is 107 Å². The first-order chi connectivity index (χ1) is 22.3. The topological polar surface area (TPSA) is 0 Å². The molecule has 11 aromatic rings. The summed E-state index contributed by atoms with van der Waals surface area (Å²) in [6.07, 6.45) is 0. The number of thiophene rings is 1. The molecule has 45 heavy (non-hydrogen) atoms. The highest BCUT2D eigenvalue weighted by Crippen LogP contribution is 2.50. The van der Waals surface area contributed by atoms with E-state index in [-0.39, 0.29) is 0 Å². The van der Waals surface area contributed by atoms with Gasteiger partial charge in [0.1, 0.15) is 0 Å². The summed E-state index contributed by atoms with van der Waals surface area (Å²) >= 11 is 1.93. The van der Waals surface area contributed by atoms with Crippen LogP contribution in [0.5, 0.6) is 0 Å². The first-order valence-electron chi connectivity index (χ1n) is 15.6. The Morgan fingerprint density at radius 2 is 0.911 bits per heavy atom. The van der Waals surface area contributed by atoms with E-state index in [4.69, 9.17) is 0 Å². The maximum atomic E-state index is 2.45. The zero-order valence-corrected chi connectivity index (χ0v) is 25.1. The fourth-order valence-corrected chi connectivity index (χ4v) is 9.53. The van der Waals surface area contributed by atoms with Crippen molar-refractivity contribution in [2.75, 3.05) is 0 Å². The van der Waals surface area contributed by atoms with Gasteiger partial charge in [0, 0.05) is 25.6 Å². The highest BCUT2D eigenvalue weighted by Gasteiger charge is 2.21. The van der Waals surface area contributed by atoms with Crippen molar-refractivity contribution < 1.29 is 0 Å². The van der Waals surface area contributed by atoms with E-state index < -0.39 is 0 Å². The van der Waals surface area contributed by atoms with Gasteiger partial charge in [-0.3, -0.25) is 0 Å². The van der Waals surface area contributed by atoms with Gasteiger partial charge in [0.25, 0.3) is 0 Å². The lowest BCUT2D eigenvalue weighted by Gasteiger charge is -2.19. The summed E-state index contributed by atoms with van der Waals surface area (Å²) in [7, 11) is 0. The smallest absolute Gasteiger partial charge is 0.0440 e. The number of hydrogen-bond acceptors (Lipinski definition) is 1. The molecule has 0 fully saturated rings. The van der Waals surface area contributed by atoms with E-state index in [1.807, 2.05) is 11.3 Å². The van der Waals surface area contributed by atoms with Crippen LogP contribution in [0.4, 0.5) is 0 Å². The predicted octanol–water partition coefficient (Wildman–Crippen LogP) is 13.2. The standard InChI is InChI=1S/C44H24S/c1-2-8-25(9-3-1)29-20-16-26-19-23-33-30(21-17-27-18-22-32(29)39(26)40(27)33)37-24-28-10-6-13-35-41(28)42-31(37)12-7-14-36(42)44-43(35)34-11-4-5-15-38(34)45-44/h1-24H. The fraction of sp³-hybridized carbons (Fsp3) is 0. The van der Waals surface area contributed by atoms with Crippen molar-refractivity contribution in [3.8, 4) is 22.3 Å². The molecule has 0 atom stereocenters. The molecule has 0 saturated heterocycles. The molecular weight excluding hydrogens is 561 g/mol. The zero-order valence-electron chi connectivity index (χ0n) is 24.3. The molecule has 10 aromatic carbocycles. The second-order valence-electron chi connectivity index (χ2n) is 12.4. The van der Waals surface area contributed by atoms with Crippen LogP contribution in [0.1, 0.15) is 0 Å². The number of rotatable bonds is 2. The summed E-state index contributed by atoms with van der Waals surface area (Å²) in [4.78, 5) is 0. The number of hydrogen-bond donors (Lipinski definition) is 0. The molecule has 0 radical (unpaired) electrons. The molecule has 0 nitrogen and oxygen atoms in total. The Hall–Kier alpha value is -5.50. The molecule has 0 unspecified atom stereocenters. The van der Waals surface area contributed by atoms with Gasteiger partial charge in [0.2, 0.25) is 0 Å². The van der Waals surface area contributed by atoms with E-state index in [1.54, 1.807) is 0 Å². The van der Waals surface area contributed by atoms with Gasteiger partial charge in [-0.2, -0.15) is 0 Å². The lowest BCUT2D eigenvalue weighted by Crippen LogP contribution is -1.92. The van der Waals surface area contributed by atoms with E-state index in [0.717, 1.165) is 0 Å². The van der Waals surface area contributed by atoms with E-state index >= 15 is 0 Å². The summed E-state index contributed by atoms with van der Waals surface area (Å²) in [5, 5.41) is 18.8. The van der Waals surface area contributed by atoms with Crippen molar-refractivity contribution in [3.05, 3.63) is 146 Å². The minimum Gasteiger partial charge on any atom is -0.135 e. The van der Waals surface area contributed by atoms with Gasteiger partial charge < -0.3 is 0 Å². The van der Waals surface area contributed by atoms with Gasteiger partial charge >= 0.3 is 0 Å². The monoisotopic (exact) mass is 584 g/mol. The average molecular weight is 585 g/mol. The van der Waals surface area contributed by atoms with E-state index in [9.17, 15) is 0 Å². The van der Waals surface area contributed by atoms with Crippen LogP contribution in [-0.4, -0.2) is 0 Å². The second kappa shape index (κ2) is 8.57. The molecule has 0 spiro atoms. The van der Waals surface area contributed by atoms with Crippen LogP contribution >= 0.6 is 11.3 Å². The highest BCUT2D eigenvalue weighted by molar-refractivity contribution is 7.27. The van der Waals surface area contributed by atoms with Gasteiger partial charge in [-0.15, -0.1) is 11.3 Å². The van der Waals surface area contributed by atoms with Crippen molar-refractivity contribution >= 4 is 96.1 Å². The molecule has 0 N–H and O–H groups in total. The maximum absolute atomic E-state index is 2.45. The largest absolute Gasteiger partial charge is 0.135 e. The van der Waals surface area contributed by atoms with E-state index in [0.29, 0.717) is 0 Å². The molecule has 11 rings (SSSR count). The van der Waals surface area contributed by atoms with Crippen LogP contribution in [0.15, 0.2) is 146 Å². The summed E-state index contributed by atoms with van der Waals surface area (Å²) < 4.78 is 2.74. The number of benzene rings is 10. The number of fused-ring (bicyclic) bond motifs is 5. The Kier molecular flexibility index (Phi) is 4.55. The van der Waals surface area contributed by atoms with Crippen molar-refractivity contribution in [2.24, 2.45) is 0 Å².